The van der Waals surface area contributed by atoms with Crippen molar-refractivity contribution in [1.82, 2.24) is 15.0 Å². The lowest BCUT2D eigenvalue weighted by Crippen LogP contribution is -2.01. The Bertz CT molecular complexity index is 2320. The third kappa shape index (κ3) is 5.93. The van der Waals surface area contributed by atoms with Gasteiger partial charge >= 0.3 is 0 Å². The van der Waals surface area contributed by atoms with Crippen LogP contribution in [0.5, 0.6) is 0 Å². The lowest BCUT2D eigenvalue weighted by molar-refractivity contribution is 1.07. The molecule has 0 aliphatic heterocycles. The monoisotopic (exact) mass is 613 g/mol. The summed E-state index contributed by atoms with van der Waals surface area (Å²) in [6.07, 6.45) is 0. The average Bonchev–Trinajstić information content (AvgIpc) is 3.19. The van der Waals surface area contributed by atoms with Gasteiger partial charge in [0.15, 0.2) is 17.5 Å². The third-order valence-corrected chi connectivity index (χ3v) is 8.56. The van der Waals surface area contributed by atoms with E-state index in [4.69, 9.17) is 15.0 Å². The fraction of sp³-hybridized carbons (Fsp3) is 0. The molecule has 0 aliphatic carbocycles. The lowest BCUT2D eigenvalue weighted by Gasteiger charge is -2.17. The van der Waals surface area contributed by atoms with Crippen LogP contribution in [0.4, 0.5) is 0 Å². The number of hydrogen-bond acceptors (Lipinski definition) is 3. The average molecular weight is 614 g/mol. The summed E-state index contributed by atoms with van der Waals surface area (Å²) in [7, 11) is 0. The third-order valence-electron chi connectivity index (χ3n) is 8.56. The van der Waals surface area contributed by atoms with Crippen LogP contribution in [-0.2, 0) is 0 Å². The smallest absolute Gasteiger partial charge is 0.164 e. The molecule has 0 saturated carbocycles. The number of nitrogens with zero attached hydrogens (tertiary/aromatic N) is 3. The van der Waals surface area contributed by atoms with E-state index in [0.29, 0.717) is 17.5 Å². The van der Waals surface area contributed by atoms with Crippen LogP contribution in [0, 0.1) is 0 Å². The molecule has 1 aromatic heterocycles. The molecule has 48 heavy (non-hydrogen) atoms. The Balaban J connectivity index is 1.33. The van der Waals surface area contributed by atoms with E-state index in [9.17, 15) is 0 Å². The first-order valence-corrected chi connectivity index (χ1v) is 16.1. The van der Waals surface area contributed by atoms with Crippen LogP contribution in [0.3, 0.4) is 0 Å². The number of hydrogen-bond donors (Lipinski definition) is 0. The van der Waals surface area contributed by atoms with Crippen LogP contribution in [0.15, 0.2) is 188 Å². The largest absolute Gasteiger partial charge is 0.208 e. The van der Waals surface area contributed by atoms with Crippen LogP contribution >= 0.6 is 0 Å². The van der Waals surface area contributed by atoms with Crippen molar-refractivity contribution in [2.75, 3.05) is 0 Å². The minimum Gasteiger partial charge on any atom is -0.208 e. The molecule has 0 saturated heterocycles. The molecule has 0 aliphatic rings. The zero-order valence-corrected chi connectivity index (χ0v) is 26.2. The maximum Gasteiger partial charge on any atom is 0.164 e. The van der Waals surface area contributed by atoms with Gasteiger partial charge < -0.3 is 0 Å². The normalized spacial score (nSPS) is 10.9. The number of rotatable bonds is 7. The second-order valence-electron chi connectivity index (χ2n) is 11.7. The predicted molar refractivity (Wildman–Crippen MR) is 198 cm³/mol. The quantitative estimate of drug-likeness (QED) is 0.179. The molecule has 8 aromatic rings. The van der Waals surface area contributed by atoms with Gasteiger partial charge in [-0.05, 0) is 56.6 Å². The molecule has 0 spiro atoms. The van der Waals surface area contributed by atoms with Crippen molar-refractivity contribution in [3.63, 3.8) is 0 Å². The molecule has 0 unspecified atom stereocenters. The summed E-state index contributed by atoms with van der Waals surface area (Å²) < 4.78 is 0. The maximum atomic E-state index is 5.13. The molecule has 0 amide bonds. The molecule has 3 heteroatoms. The summed E-state index contributed by atoms with van der Waals surface area (Å²) in [6, 6.07) is 65.2. The van der Waals surface area contributed by atoms with Gasteiger partial charge in [-0.25, -0.2) is 15.0 Å². The Morgan fingerprint density at radius 3 is 1.19 bits per heavy atom. The highest BCUT2D eigenvalue weighted by molar-refractivity contribution is 5.93. The molecule has 7 aromatic carbocycles. The van der Waals surface area contributed by atoms with Gasteiger partial charge in [-0.3, -0.25) is 0 Å². The Labute approximate surface area is 280 Å². The van der Waals surface area contributed by atoms with E-state index in [1.54, 1.807) is 0 Å². The first kappa shape index (κ1) is 29.0. The summed E-state index contributed by atoms with van der Waals surface area (Å²) in [6.45, 7) is 0. The number of aromatic nitrogens is 3. The van der Waals surface area contributed by atoms with Crippen molar-refractivity contribution in [2.45, 2.75) is 0 Å². The number of benzene rings is 7. The van der Waals surface area contributed by atoms with Crippen molar-refractivity contribution < 1.29 is 0 Å². The van der Waals surface area contributed by atoms with Gasteiger partial charge in [0.25, 0.3) is 0 Å². The topological polar surface area (TPSA) is 38.7 Å². The molecule has 226 valence electrons. The molecule has 0 atom stereocenters. The highest BCUT2D eigenvalue weighted by Crippen LogP contribution is 2.40. The summed E-state index contributed by atoms with van der Waals surface area (Å²) >= 11 is 0. The minimum atomic E-state index is 0.627. The van der Waals surface area contributed by atoms with E-state index in [0.717, 1.165) is 50.1 Å². The Morgan fingerprint density at radius 2 is 0.604 bits per heavy atom. The molecule has 0 bridgehead atoms. The van der Waals surface area contributed by atoms with Crippen molar-refractivity contribution in [3.05, 3.63) is 188 Å². The second-order valence-corrected chi connectivity index (χ2v) is 11.7. The minimum absolute atomic E-state index is 0.627. The highest BCUT2D eigenvalue weighted by atomic mass is 15.0. The standard InChI is InChI=1S/C45H31N3/c1-5-16-32(17-6-1)36-24-15-25-37(30-36)44-46-43(35-22-11-4-12-23-35)47-45(48-44)38-28-29-40(34-20-9-3-10-21-34)42(31-38)41-27-14-13-26-39(41)33-18-7-2-8-19-33/h1-31H. The van der Waals surface area contributed by atoms with E-state index >= 15 is 0 Å². The summed E-state index contributed by atoms with van der Waals surface area (Å²) in [5.74, 6) is 1.90. The van der Waals surface area contributed by atoms with E-state index in [1.807, 2.05) is 36.4 Å². The van der Waals surface area contributed by atoms with Crippen LogP contribution in [0.2, 0.25) is 0 Å². The van der Waals surface area contributed by atoms with Crippen LogP contribution in [-0.4, -0.2) is 15.0 Å². The fourth-order valence-corrected chi connectivity index (χ4v) is 6.18. The maximum absolute atomic E-state index is 5.13. The van der Waals surface area contributed by atoms with Crippen molar-refractivity contribution in [1.29, 1.82) is 0 Å². The van der Waals surface area contributed by atoms with Gasteiger partial charge in [0, 0.05) is 16.7 Å². The molecule has 1 heterocycles. The van der Waals surface area contributed by atoms with Gasteiger partial charge in [-0.1, -0.05) is 176 Å². The van der Waals surface area contributed by atoms with Crippen LogP contribution < -0.4 is 0 Å². The predicted octanol–water partition coefficient (Wildman–Crippen LogP) is 11.5. The first-order valence-electron chi connectivity index (χ1n) is 16.1. The van der Waals surface area contributed by atoms with Crippen LogP contribution in [0.25, 0.3) is 78.7 Å². The lowest BCUT2D eigenvalue weighted by atomic mass is 9.88. The van der Waals surface area contributed by atoms with Crippen LogP contribution in [0.1, 0.15) is 0 Å². The Hall–Kier alpha value is -6.45. The highest BCUT2D eigenvalue weighted by Gasteiger charge is 2.17. The summed E-state index contributed by atoms with van der Waals surface area (Å²) in [5.41, 5.74) is 12.0. The Kier molecular flexibility index (Phi) is 7.92. The van der Waals surface area contributed by atoms with Crippen molar-refractivity contribution in [2.24, 2.45) is 0 Å². The van der Waals surface area contributed by atoms with Crippen molar-refractivity contribution >= 4 is 0 Å². The molecular weight excluding hydrogens is 583 g/mol. The van der Waals surface area contributed by atoms with E-state index in [1.165, 1.54) is 11.1 Å². The van der Waals surface area contributed by atoms with E-state index in [2.05, 4.69) is 152 Å². The van der Waals surface area contributed by atoms with Gasteiger partial charge in [0.1, 0.15) is 0 Å². The zero-order valence-electron chi connectivity index (χ0n) is 26.2. The first-order chi connectivity index (χ1) is 23.8. The Morgan fingerprint density at radius 1 is 0.208 bits per heavy atom. The van der Waals surface area contributed by atoms with E-state index in [-0.39, 0.29) is 0 Å². The summed E-state index contributed by atoms with van der Waals surface area (Å²) in [5, 5.41) is 0. The molecule has 0 N–H and O–H groups in total. The van der Waals surface area contributed by atoms with Gasteiger partial charge in [0.05, 0.1) is 0 Å². The van der Waals surface area contributed by atoms with Gasteiger partial charge in [-0.2, -0.15) is 0 Å². The van der Waals surface area contributed by atoms with Crippen molar-refractivity contribution in [3.8, 4) is 78.7 Å². The molecule has 0 radical (unpaired) electrons. The second kappa shape index (κ2) is 13.1. The summed E-state index contributed by atoms with van der Waals surface area (Å²) in [4.78, 5) is 15.2. The fourth-order valence-electron chi connectivity index (χ4n) is 6.18. The van der Waals surface area contributed by atoms with Gasteiger partial charge in [-0.15, -0.1) is 0 Å². The SMILES string of the molecule is c1ccc(-c2cccc(-c3nc(-c4ccccc4)nc(-c4ccc(-c5ccccc5)c(-c5ccccc5-c5ccccc5)c4)n3)c2)cc1. The molecule has 3 nitrogen and oxygen atoms in total. The molecule has 0 fully saturated rings. The van der Waals surface area contributed by atoms with Gasteiger partial charge in [0.2, 0.25) is 0 Å². The zero-order chi connectivity index (χ0) is 32.1. The van der Waals surface area contributed by atoms with E-state index < -0.39 is 0 Å². The molecular formula is C45H31N3. The molecule has 8 rings (SSSR count).